The Bertz CT molecular complexity index is 559. The van der Waals surface area contributed by atoms with E-state index in [4.69, 9.17) is 0 Å². The zero-order valence-electron chi connectivity index (χ0n) is 14.3. The van der Waals surface area contributed by atoms with Gasteiger partial charge in [0.25, 0.3) is 0 Å². The van der Waals surface area contributed by atoms with Crippen LogP contribution < -0.4 is 5.32 Å². The number of thioether (sulfide) groups is 1. The molecule has 0 spiro atoms. The van der Waals surface area contributed by atoms with Gasteiger partial charge in [-0.05, 0) is 31.9 Å². The van der Waals surface area contributed by atoms with Crippen molar-refractivity contribution in [2.24, 2.45) is 0 Å². The first-order valence-corrected chi connectivity index (χ1v) is 9.81. The molecule has 128 valence electrons. The summed E-state index contributed by atoms with van der Waals surface area (Å²) >= 11 is 1.93. The Morgan fingerprint density at radius 3 is 2.91 bits per heavy atom. The molecular formula is C16H27N5OS. The molecule has 1 fully saturated rings. The van der Waals surface area contributed by atoms with Crippen molar-refractivity contribution in [1.82, 2.24) is 25.0 Å². The summed E-state index contributed by atoms with van der Waals surface area (Å²) in [6.45, 7) is 8.08. The van der Waals surface area contributed by atoms with Crippen LogP contribution in [0.3, 0.4) is 0 Å². The molecule has 23 heavy (non-hydrogen) atoms. The van der Waals surface area contributed by atoms with Crippen LogP contribution in [0.5, 0.6) is 0 Å². The normalized spacial score (nSPS) is 25.1. The highest BCUT2D eigenvalue weighted by Crippen LogP contribution is 2.25. The Morgan fingerprint density at radius 2 is 2.13 bits per heavy atom. The van der Waals surface area contributed by atoms with E-state index in [1.807, 2.05) is 21.3 Å². The highest BCUT2D eigenvalue weighted by molar-refractivity contribution is 7.99. The summed E-state index contributed by atoms with van der Waals surface area (Å²) in [5.41, 5.74) is 0. The first-order chi connectivity index (χ1) is 11.1. The fourth-order valence-electron chi connectivity index (χ4n) is 3.18. The highest BCUT2D eigenvalue weighted by Gasteiger charge is 2.29. The van der Waals surface area contributed by atoms with Crippen LogP contribution in [0.1, 0.15) is 63.6 Å². The van der Waals surface area contributed by atoms with Gasteiger partial charge < -0.3 is 10.2 Å². The fourth-order valence-corrected chi connectivity index (χ4v) is 4.22. The largest absolute Gasteiger partial charge is 0.328 e. The minimum absolute atomic E-state index is 0.0145. The molecule has 2 aliphatic heterocycles. The molecule has 2 amide bonds. The standard InChI is InChI=1S/C16H27N5OS/c1-11(2)14-18-15-13(5-4-7-21(15)19-14)17-16(22)20-8-10-23-9-6-12(20)3/h11-13H,4-10H2,1-3H3,(H,17,22)/t12-,13+/m1/s1. The molecule has 3 heterocycles. The molecule has 1 aromatic heterocycles. The van der Waals surface area contributed by atoms with E-state index < -0.39 is 0 Å². The van der Waals surface area contributed by atoms with Crippen LogP contribution in [0.4, 0.5) is 4.79 Å². The Kier molecular flexibility index (Phi) is 5.14. The Balaban J connectivity index is 1.72. The monoisotopic (exact) mass is 337 g/mol. The predicted molar refractivity (Wildman–Crippen MR) is 92.7 cm³/mol. The van der Waals surface area contributed by atoms with Crippen LogP contribution in [0.2, 0.25) is 0 Å². The third-order valence-electron chi connectivity index (χ3n) is 4.65. The van der Waals surface area contributed by atoms with Gasteiger partial charge in [-0.15, -0.1) is 0 Å². The van der Waals surface area contributed by atoms with Gasteiger partial charge in [0.15, 0.2) is 5.82 Å². The Labute approximate surface area is 142 Å². The van der Waals surface area contributed by atoms with Crippen molar-refractivity contribution in [2.75, 3.05) is 18.1 Å². The van der Waals surface area contributed by atoms with Gasteiger partial charge in [-0.25, -0.2) is 14.5 Å². The van der Waals surface area contributed by atoms with Crippen molar-refractivity contribution in [3.63, 3.8) is 0 Å². The van der Waals surface area contributed by atoms with Gasteiger partial charge in [0.2, 0.25) is 0 Å². The Morgan fingerprint density at radius 1 is 1.30 bits per heavy atom. The van der Waals surface area contributed by atoms with Crippen LogP contribution in [-0.2, 0) is 6.54 Å². The lowest BCUT2D eigenvalue weighted by Gasteiger charge is -2.30. The molecule has 3 rings (SSSR count). The van der Waals surface area contributed by atoms with Gasteiger partial charge in [0, 0.05) is 30.8 Å². The van der Waals surface area contributed by atoms with Crippen molar-refractivity contribution in [2.45, 2.75) is 64.6 Å². The molecule has 2 aliphatic rings. The van der Waals surface area contributed by atoms with Crippen molar-refractivity contribution in [1.29, 1.82) is 0 Å². The average molecular weight is 337 g/mol. The molecule has 0 bridgehead atoms. The minimum atomic E-state index is -0.0145. The van der Waals surface area contributed by atoms with E-state index >= 15 is 0 Å². The second-order valence-electron chi connectivity index (χ2n) is 6.79. The predicted octanol–water partition coefficient (Wildman–Crippen LogP) is 2.77. The smallest absolute Gasteiger partial charge is 0.318 e. The molecule has 0 aliphatic carbocycles. The molecule has 0 radical (unpaired) electrons. The van der Waals surface area contributed by atoms with Gasteiger partial charge in [-0.2, -0.15) is 16.9 Å². The maximum absolute atomic E-state index is 12.7. The summed E-state index contributed by atoms with van der Waals surface area (Å²) < 4.78 is 1.98. The fraction of sp³-hybridized carbons (Fsp3) is 0.812. The number of hydrogen-bond acceptors (Lipinski definition) is 4. The highest BCUT2D eigenvalue weighted by atomic mass is 32.2. The van der Waals surface area contributed by atoms with E-state index in [0.29, 0.717) is 12.0 Å². The number of rotatable bonds is 2. The van der Waals surface area contributed by atoms with Crippen molar-refractivity contribution < 1.29 is 4.79 Å². The first kappa shape index (κ1) is 16.6. The molecule has 1 saturated heterocycles. The van der Waals surface area contributed by atoms with Crippen LogP contribution >= 0.6 is 11.8 Å². The van der Waals surface area contributed by atoms with E-state index in [2.05, 4.69) is 36.2 Å². The number of hydrogen-bond donors (Lipinski definition) is 1. The summed E-state index contributed by atoms with van der Waals surface area (Å²) in [6.07, 6.45) is 3.04. The summed E-state index contributed by atoms with van der Waals surface area (Å²) in [6, 6.07) is 0.338. The summed E-state index contributed by atoms with van der Waals surface area (Å²) in [7, 11) is 0. The zero-order valence-corrected chi connectivity index (χ0v) is 15.1. The Hall–Kier alpha value is -1.24. The average Bonchev–Trinajstić information content (AvgIpc) is 2.85. The molecule has 0 aromatic carbocycles. The number of nitrogens with zero attached hydrogens (tertiary/aromatic N) is 4. The van der Waals surface area contributed by atoms with Crippen molar-refractivity contribution >= 4 is 17.8 Å². The lowest BCUT2D eigenvalue weighted by atomic mass is 10.1. The molecule has 7 heteroatoms. The number of carbonyl (C=O) groups excluding carboxylic acids is 1. The zero-order chi connectivity index (χ0) is 16.4. The van der Waals surface area contributed by atoms with Crippen LogP contribution in [0.25, 0.3) is 0 Å². The van der Waals surface area contributed by atoms with E-state index in [9.17, 15) is 4.79 Å². The first-order valence-electron chi connectivity index (χ1n) is 8.65. The van der Waals surface area contributed by atoms with Gasteiger partial charge in [-0.3, -0.25) is 0 Å². The molecular weight excluding hydrogens is 310 g/mol. The SMILES string of the molecule is CC(C)c1nc2n(n1)CCC[C@@H]2NC(=O)N1CCSCC[C@H]1C. The number of nitrogens with one attached hydrogen (secondary N) is 1. The van der Waals surface area contributed by atoms with E-state index in [1.165, 1.54) is 0 Å². The van der Waals surface area contributed by atoms with E-state index in [-0.39, 0.29) is 12.1 Å². The minimum Gasteiger partial charge on any atom is -0.328 e. The number of urea groups is 1. The maximum atomic E-state index is 12.7. The number of fused-ring (bicyclic) bond motifs is 1. The topological polar surface area (TPSA) is 63.1 Å². The lowest BCUT2D eigenvalue weighted by molar-refractivity contribution is 0.176. The molecule has 0 saturated carbocycles. The van der Waals surface area contributed by atoms with Gasteiger partial charge in [-0.1, -0.05) is 13.8 Å². The van der Waals surface area contributed by atoms with E-state index in [1.54, 1.807) is 0 Å². The summed E-state index contributed by atoms with van der Waals surface area (Å²) in [5, 5.41) is 7.80. The second kappa shape index (κ2) is 7.11. The molecule has 1 aromatic rings. The second-order valence-corrected chi connectivity index (χ2v) is 8.02. The van der Waals surface area contributed by atoms with Crippen LogP contribution in [-0.4, -0.2) is 49.8 Å². The number of amides is 2. The van der Waals surface area contributed by atoms with Gasteiger partial charge in [0.1, 0.15) is 5.82 Å². The quantitative estimate of drug-likeness (QED) is 0.901. The van der Waals surface area contributed by atoms with Gasteiger partial charge >= 0.3 is 6.03 Å². The molecule has 6 nitrogen and oxygen atoms in total. The third kappa shape index (κ3) is 3.65. The number of aromatic nitrogens is 3. The van der Waals surface area contributed by atoms with Crippen molar-refractivity contribution in [3.05, 3.63) is 11.6 Å². The van der Waals surface area contributed by atoms with Crippen LogP contribution in [0, 0.1) is 0 Å². The third-order valence-corrected chi connectivity index (χ3v) is 5.65. The molecule has 0 unspecified atom stereocenters. The van der Waals surface area contributed by atoms with Crippen LogP contribution in [0.15, 0.2) is 0 Å². The maximum Gasteiger partial charge on any atom is 0.318 e. The summed E-state index contributed by atoms with van der Waals surface area (Å²) in [4.78, 5) is 19.4. The number of aryl methyl sites for hydroxylation is 1. The summed E-state index contributed by atoms with van der Waals surface area (Å²) in [5.74, 6) is 4.27. The van der Waals surface area contributed by atoms with Crippen molar-refractivity contribution in [3.8, 4) is 0 Å². The van der Waals surface area contributed by atoms with Gasteiger partial charge in [0.05, 0.1) is 6.04 Å². The molecule has 2 atom stereocenters. The lowest BCUT2D eigenvalue weighted by Crippen LogP contribution is -2.47. The number of carbonyl (C=O) groups is 1. The molecule has 1 N–H and O–H groups in total. The van der Waals surface area contributed by atoms with E-state index in [0.717, 1.165) is 55.5 Å².